The molecule has 1 heterocycles. The monoisotopic (exact) mass is 519 g/mol. The number of primary sulfonamides is 1. The molecule has 3 aromatic carbocycles. The van der Waals surface area contributed by atoms with Crippen LogP contribution in [0.5, 0.6) is 0 Å². The van der Waals surface area contributed by atoms with Gasteiger partial charge in [-0.15, -0.1) is 0 Å². The number of hydrogen-bond donors (Lipinski definition) is 2. The van der Waals surface area contributed by atoms with Crippen LogP contribution in [-0.2, 0) is 17.1 Å². The van der Waals surface area contributed by atoms with E-state index in [9.17, 15) is 22.8 Å². The van der Waals surface area contributed by atoms with Crippen LogP contribution in [0.1, 0.15) is 34.6 Å². The summed E-state index contributed by atoms with van der Waals surface area (Å²) in [4.78, 5) is 11.9. The maximum absolute atomic E-state index is 13.9. The first-order chi connectivity index (χ1) is 17.6. The van der Waals surface area contributed by atoms with E-state index in [2.05, 4.69) is 5.16 Å². The summed E-state index contributed by atoms with van der Waals surface area (Å²) in [7, 11) is -2.16. The summed E-state index contributed by atoms with van der Waals surface area (Å²) in [5, 5.41) is 18.6. The quantitative estimate of drug-likeness (QED) is 0.212. The summed E-state index contributed by atoms with van der Waals surface area (Å²) in [6.07, 6.45) is 1.91. The Balaban J connectivity index is 1.72. The first-order valence-corrected chi connectivity index (χ1v) is 13.0. The molecule has 0 aliphatic heterocycles. The predicted molar refractivity (Wildman–Crippen MR) is 141 cm³/mol. The van der Waals surface area contributed by atoms with Crippen molar-refractivity contribution < 1.29 is 18.0 Å². The average Bonchev–Trinajstić information content (AvgIpc) is 2.87. The van der Waals surface area contributed by atoms with Crippen molar-refractivity contribution in [2.45, 2.75) is 24.2 Å². The van der Waals surface area contributed by atoms with Gasteiger partial charge in [-0.25, -0.2) is 17.9 Å². The zero-order valence-corrected chi connectivity index (χ0v) is 21.1. The fourth-order valence-corrected chi connectivity index (χ4v) is 4.87. The molecule has 0 aliphatic carbocycles. The van der Waals surface area contributed by atoms with Gasteiger partial charge in [-0.1, -0.05) is 47.6 Å². The zero-order chi connectivity index (χ0) is 26.7. The maximum Gasteiger partial charge on any atom is 0.250 e. The molecule has 1 unspecified atom stereocenters. The molecule has 0 amide bonds. The van der Waals surface area contributed by atoms with Crippen LogP contribution in [0.4, 0.5) is 4.39 Å². The Morgan fingerprint density at radius 1 is 1.00 bits per heavy atom. The molecule has 0 saturated heterocycles. The van der Waals surface area contributed by atoms with Crippen molar-refractivity contribution in [2.75, 3.05) is 0 Å². The highest BCUT2D eigenvalue weighted by atomic mass is 32.2. The minimum absolute atomic E-state index is 0.0361. The summed E-state index contributed by atoms with van der Waals surface area (Å²) in [5.41, 5.74) is 5.02. The van der Waals surface area contributed by atoms with Crippen LogP contribution in [0.3, 0.4) is 0 Å². The lowest BCUT2D eigenvalue weighted by Gasteiger charge is -2.21. The van der Waals surface area contributed by atoms with Crippen molar-refractivity contribution >= 4 is 15.7 Å². The van der Waals surface area contributed by atoms with Crippen LogP contribution in [0, 0.1) is 12.7 Å². The zero-order valence-electron chi connectivity index (χ0n) is 20.3. The molecular weight excluding hydrogens is 493 g/mol. The number of hydrogen-bond acceptors (Lipinski definition) is 5. The number of aryl methyl sites for hydroxylation is 2. The minimum Gasteiger partial charge on any atom is -0.411 e. The molecule has 37 heavy (non-hydrogen) atoms. The summed E-state index contributed by atoms with van der Waals surface area (Å²) in [6, 6.07) is 21.6. The van der Waals surface area contributed by atoms with E-state index < -0.39 is 10.0 Å². The second-order valence-corrected chi connectivity index (χ2v) is 10.4. The van der Waals surface area contributed by atoms with Crippen LogP contribution in [0.25, 0.3) is 11.1 Å². The Kier molecular flexibility index (Phi) is 7.37. The van der Waals surface area contributed by atoms with E-state index in [-0.39, 0.29) is 22.2 Å². The number of nitrogens with two attached hydrogens (primary N) is 1. The summed E-state index contributed by atoms with van der Waals surface area (Å²) >= 11 is 0. The van der Waals surface area contributed by atoms with E-state index in [0.29, 0.717) is 17.7 Å². The van der Waals surface area contributed by atoms with Crippen molar-refractivity contribution in [3.8, 4) is 11.1 Å². The lowest BCUT2D eigenvalue weighted by atomic mass is 9.83. The lowest BCUT2D eigenvalue weighted by Crippen LogP contribution is -2.18. The Labute approximate surface area is 214 Å². The number of aromatic nitrogens is 1. The normalized spacial score (nSPS) is 12.9. The SMILES string of the molecule is Cc1cc(F)ccc1C(CC(=NO)c1ccc(=O)n(C)c1)c1ccc(-c2ccc(S(N)(=O)=O)cc2)cc1. The molecule has 4 aromatic rings. The Bertz CT molecular complexity index is 1630. The van der Waals surface area contributed by atoms with Crippen molar-refractivity contribution in [1.82, 2.24) is 4.57 Å². The molecule has 0 bridgehead atoms. The molecule has 3 N–H and O–H groups in total. The molecule has 0 fully saturated rings. The summed E-state index contributed by atoms with van der Waals surface area (Å²) < 4.78 is 38.4. The highest BCUT2D eigenvalue weighted by Gasteiger charge is 2.21. The van der Waals surface area contributed by atoms with E-state index >= 15 is 0 Å². The first kappa shape index (κ1) is 26.0. The molecule has 7 nitrogen and oxygen atoms in total. The van der Waals surface area contributed by atoms with Gasteiger partial charge in [0.2, 0.25) is 15.6 Å². The van der Waals surface area contributed by atoms with Gasteiger partial charge in [-0.2, -0.15) is 0 Å². The predicted octanol–water partition coefficient (Wildman–Crippen LogP) is 4.55. The van der Waals surface area contributed by atoms with Gasteiger partial charge in [0.1, 0.15) is 5.82 Å². The second kappa shape index (κ2) is 10.5. The number of rotatable bonds is 7. The smallest absolute Gasteiger partial charge is 0.250 e. The van der Waals surface area contributed by atoms with Crippen molar-refractivity contribution in [1.29, 1.82) is 0 Å². The van der Waals surface area contributed by atoms with Crippen LogP contribution in [0.15, 0.2) is 99.9 Å². The number of benzene rings is 3. The van der Waals surface area contributed by atoms with E-state index in [1.807, 2.05) is 31.2 Å². The Morgan fingerprint density at radius 2 is 1.62 bits per heavy atom. The third-order valence-electron chi connectivity index (χ3n) is 6.37. The molecule has 190 valence electrons. The number of nitrogens with zero attached hydrogens (tertiary/aromatic N) is 2. The summed E-state index contributed by atoms with van der Waals surface area (Å²) in [6.45, 7) is 1.83. The van der Waals surface area contributed by atoms with Gasteiger partial charge < -0.3 is 9.77 Å². The van der Waals surface area contributed by atoms with Crippen LogP contribution < -0.4 is 10.7 Å². The van der Waals surface area contributed by atoms with Gasteiger partial charge in [0.15, 0.2) is 0 Å². The van der Waals surface area contributed by atoms with Crippen LogP contribution in [0.2, 0.25) is 0 Å². The molecule has 0 aliphatic rings. The van der Waals surface area contributed by atoms with Crippen LogP contribution >= 0.6 is 0 Å². The van der Waals surface area contributed by atoms with Gasteiger partial charge in [0.25, 0.3) is 0 Å². The van der Waals surface area contributed by atoms with Gasteiger partial charge >= 0.3 is 0 Å². The van der Waals surface area contributed by atoms with Gasteiger partial charge in [0.05, 0.1) is 10.6 Å². The van der Waals surface area contributed by atoms with Crippen molar-refractivity contribution in [3.63, 3.8) is 0 Å². The first-order valence-electron chi connectivity index (χ1n) is 11.4. The fourth-order valence-electron chi connectivity index (χ4n) is 4.36. The molecule has 1 aromatic heterocycles. The van der Waals surface area contributed by atoms with Crippen molar-refractivity contribution in [3.05, 3.63) is 123 Å². The van der Waals surface area contributed by atoms with E-state index in [4.69, 9.17) is 5.14 Å². The van der Waals surface area contributed by atoms with Crippen LogP contribution in [-0.4, -0.2) is 23.9 Å². The molecular formula is C28H26FN3O4S. The molecule has 9 heteroatoms. The highest BCUT2D eigenvalue weighted by molar-refractivity contribution is 7.89. The van der Waals surface area contributed by atoms with Gasteiger partial charge in [-0.3, -0.25) is 4.79 Å². The number of oxime groups is 1. The highest BCUT2D eigenvalue weighted by Crippen LogP contribution is 2.33. The fraction of sp³-hybridized carbons (Fsp3) is 0.143. The van der Waals surface area contributed by atoms with Crippen molar-refractivity contribution in [2.24, 2.45) is 17.3 Å². The standard InChI is InChI=1S/C28H26FN3O4S/c1-18-15-23(29)10-13-25(18)26(16-27(31-34)22-9-14-28(33)32(2)17-22)21-5-3-19(4-6-21)20-7-11-24(12-8-20)37(30,35)36/h3-15,17,26,34H,16H2,1-2H3,(H2,30,35,36). The minimum atomic E-state index is -3.78. The second-order valence-electron chi connectivity index (χ2n) is 8.86. The lowest BCUT2D eigenvalue weighted by molar-refractivity contribution is 0.317. The molecule has 1 atom stereocenters. The number of sulfonamides is 1. The molecule has 0 spiro atoms. The van der Waals surface area contributed by atoms with E-state index in [1.165, 1.54) is 34.9 Å². The summed E-state index contributed by atoms with van der Waals surface area (Å²) in [5.74, 6) is -0.616. The Hall–Kier alpha value is -4.08. The average molecular weight is 520 g/mol. The molecule has 0 saturated carbocycles. The Morgan fingerprint density at radius 3 is 2.16 bits per heavy atom. The number of halogens is 1. The molecule has 0 radical (unpaired) electrons. The third-order valence-corrected chi connectivity index (χ3v) is 7.30. The van der Waals surface area contributed by atoms with Gasteiger partial charge in [0, 0.05) is 37.2 Å². The molecule has 4 rings (SSSR count). The van der Waals surface area contributed by atoms with Gasteiger partial charge in [-0.05, 0) is 65.1 Å². The van der Waals surface area contributed by atoms with E-state index in [0.717, 1.165) is 27.8 Å². The largest absolute Gasteiger partial charge is 0.411 e. The maximum atomic E-state index is 13.9. The van der Waals surface area contributed by atoms with E-state index in [1.54, 1.807) is 37.5 Å². The topological polar surface area (TPSA) is 115 Å². The third kappa shape index (κ3) is 5.84. The number of pyridine rings is 1.